The molecule has 0 amide bonds. The Morgan fingerprint density at radius 1 is 1.47 bits per heavy atom. The van der Waals surface area contributed by atoms with E-state index < -0.39 is 0 Å². The van der Waals surface area contributed by atoms with Crippen LogP contribution in [0.15, 0.2) is 12.1 Å². The van der Waals surface area contributed by atoms with Gasteiger partial charge in [-0.15, -0.1) is 0 Å². The fourth-order valence-electron chi connectivity index (χ4n) is 2.43. The summed E-state index contributed by atoms with van der Waals surface area (Å²) in [4.78, 5) is 0. The minimum atomic E-state index is -0.214. The molecule has 0 aromatic heterocycles. The van der Waals surface area contributed by atoms with Gasteiger partial charge in [-0.05, 0) is 43.9 Å². The van der Waals surface area contributed by atoms with E-state index in [0.29, 0.717) is 16.6 Å². The second-order valence-electron chi connectivity index (χ2n) is 4.93. The lowest BCUT2D eigenvalue weighted by molar-refractivity contribution is 0.447. The first-order chi connectivity index (χ1) is 6.91. The van der Waals surface area contributed by atoms with Crippen LogP contribution in [0.3, 0.4) is 0 Å². The molecule has 82 valence electrons. The second-order valence-corrected chi connectivity index (χ2v) is 5.34. The summed E-state index contributed by atoms with van der Waals surface area (Å²) in [5, 5.41) is 3.87. The molecule has 0 fully saturated rings. The molecule has 1 aromatic rings. The first-order valence-electron chi connectivity index (χ1n) is 5.17. The van der Waals surface area contributed by atoms with Gasteiger partial charge in [-0.3, -0.25) is 0 Å². The number of benzene rings is 1. The Kier molecular flexibility index (Phi) is 2.42. The molecule has 3 heteroatoms. The van der Waals surface area contributed by atoms with E-state index in [4.69, 9.17) is 11.6 Å². The van der Waals surface area contributed by atoms with Gasteiger partial charge in [-0.25, -0.2) is 4.39 Å². The van der Waals surface area contributed by atoms with Crippen molar-refractivity contribution in [2.75, 3.05) is 5.32 Å². The number of halogens is 2. The van der Waals surface area contributed by atoms with Gasteiger partial charge >= 0.3 is 0 Å². The van der Waals surface area contributed by atoms with Crippen LogP contribution in [0.4, 0.5) is 10.1 Å². The van der Waals surface area contributed by atoms with Gasteiger partial charge in [0.15, 0.2) is 0 Å². The summed E-state index contributed by atoms with van der Waals surface area (Å²) in [6, 6.07) is 3.05. The number of fused-ring (bicyclic) bond motifs is 1. The average molecular weight is 228 g/mol. The SMILES string of the molecule is CC1CC(C)(C)Nc2c(F)ccc(Cl)c21. The summed E-state index contributed by atoms with van der Waals surface area (Å²) in [5.41, 5.74) is 1.42. The second kappa shape index (κ2) is 3.38. The lowest BCUT2D eigenvalue weighted by Crippen LogP contribution is -2.37. The van der Waals surface area contributed by atoms with Crippen molar-refractivity contribution < 1.29 is 4.39 Å². The van der Waals surface area contributed by atoms with Crippen LogP contribution in [-0.2, 0) is 0 Å². The van der Waals surface area contributed by atoms with E-state index in [2.05, 4.69) is 26.1 Å². The van der Waals surface area contributed by atoms with Gasteiger partial charge in [0.25, 0.3) is 0 Å². The van der Waals surface area contributed by atoms with Crippen molar-refractivity contribution >= 4 is 17.3 Å². The standard InChI is InChI=1S/C12H15ClFN/c1-7-6-12(2,3)15-11-9(14)5-4-8(13)10(7)11/h4-5,7,15H,6H2,1-3H3. The fourth-order valence-corrected chi connectivity index (χ4v) is 2.78. The van der Waals surface area contributed by atoms with Crippen LogP contribution >= 0.6 is 11.6 Å². The largest absolute Gasteiger partial charge is 0.378 e. The lowest BCUT2D eigenvalue weighted by Gasteiger charge is -2.38. The predicted octanol–water partition coefficient (Wildman–Crippen LogP) is 4.18. The third-order valence-corrected chi connectivity index (χ3v) is 3.24. The van der Waals surface area contributed by atoms with Crippen LogP contribution in [0.5, 0.6) is 0 Å². The van der Waals surface area contributed by atoms with Crippen molar-refractivity contribution in [2.45, 2.75) is 38.6 Å². The molecule has 1 heterocycles. The predicted molar refractivity (Wildman–Crippen MR) is 62.1 cm³/mol. The van der Waals surface area contributed by atoms with Crippen molar-refractivity contribution in [3.05, 3.63) is 28.5 Å². The van der Waals surface area contributed by atoms with E-state index >= 15 is 0 Å². The molecule has 0 bridgehead atoms. The number of anilines is 1. The molecule has 1 aliphatic heterocycles. The zero-order valence-corrected chi connectivity index (χ0v) is 9.95. The Bertz CT molecular complexity index is 401. The molecule has 1 atom stereocenters. The maximum absolute atomic E-state index is 13.6. The Labute approximate surface area is 94.6 Å². The monoisotopic (exact) mass is 227 g/mol. The summed E-state index contributed by atoms with van der Waals surface area (Å²) in [5.74, 6) is 0.0773. The van der Waals surface area contributed by atoms with Crippen LogP contribution in [0.2, 0.25) is 5.02 Å². The van der Waals surface area contributed by atoms with E-state index in [0.717, 1.165) is 12.0 Å². The van der Waals surface area contributed by atoms with E-state index in [9.17, 15) is 4.39 Å². The molecule has 1 N–H and O–H groups in total. The zero-order chi connectivity index (χ0) is 11.2. The Morgan fingerprint density at radius 2 is 2.13 bits per heavy atom. The van der Waals surface area contributed by atoms with Crippen molar-refractivity contribution in [2.24, 2.45) is 0 Å². The Hall–Kier alpha value is -0.760. The highest BCUT2D eigenvalue weighted by Gasteiger charge is 2.32. The van der Waals surface area contributed by atoms with Crippen LogP contribution in [0.25, 0.3) is 0 Å². The topological polar surface area (TPSA) is 12.0 Å². The molecule has 0 aliphatic carbocycles. The zero-order valence-electron chi connectivity index (χ0n) is 9.20. The van der Waals surface area contributed by atoms with Gasteiger partial charge in [-0.2, -0.15) is 0 Å². The minimum Gasteiger partial charge on any atom is -0.378 e. The summed E-state index contributed by atoms with van der Waals surface area (Å²) in [7, 11) is 0. The van der Waals surface area contributed by atoms with E-state index in [1.54, 1.807) is 6.07 Å². The van der Waals surface area contributed by atoms with Crippen LogP contribution in [0, 0.1) is 5.82 Å². The normalized spacial score (nSPS) is 23.1. The van der Waals surface area contributed by atoms with Crippen molar-refractivity contribution in [3.8, 4) is 0 Å². The van der Waals surface area contributed by atoms with Crippen LogP contribution in [-0.4, -0.2) is 5.54 Å². The van der Waals surface area contributed by atoms with Gasteiger partial charge in [0, 0.05) is 10.6 Å². The molecule has 2 rings (SSSR count). The van der Waals surface area contributed by atoms with Gasteiger partial charge in [0.1, 0.15) is 5.82 Å². The molecule has 0 spiro atoms. The molecule has 15 heavy (non-hydrogen) atoms. The highest BCUT2D eigenvalue weighted by molar-refractivity contribution is 6.31. The molecule has 0 saturated heterocycles. The molecule has 0 saturated carbocycles. The van der Waals surface area contributed by atoms with Gasteiger partial charge in [-0.1, -0.05) is 18.5 Å². The first-order valence-corrected chi connectivity index (χ1v) is 5.54. The highest BCUT2D eigenvalue weighted by atomic mass is 35.5. The van der Waals surface area contributed by atoms with Crippen molar-refractivity contribution in [3.63, 3.8) is 0 Å². The summed E-state index contributed by atoms with van der Waals surface area (Å²) < 4.78 is 13.6. The van der Waals surface area contributed by atoms with E-state index in [1.165, 1.54) is 6.07 Å². The van der Waals surface area contributed by atoms with Gasteiger partial charge in [0.05, 0.1) is 5.69 Å². The van der Waals surface area contributed by atoms with Crippen LogP contribution < -0.4 is 5.32 Å². The molecule has 1 unspecified atom stereocenters. The molecule has 1 aliphatic rings. The van der Waals surface area contributed by atoms with E-state index in [1.807, 2.05) is 0 Å². The number of rotatable bonds is 0. The maximum atomic E-state index is 13.6. The molecule has 0 radical (unpaired) electrons. The average Bonchev–Trinajstić information content (AvgIpc) is 2.09. The van der Waals surface area contributed by atoms with Gasteiger partial charge < -0.3 is 5.32 Å². The third-order valence-electron chi connectivity index (χ3n) is 2.91. The smallest absolute Gasteiger partial charge is 0.146 e. The molecule has 1 nitrogen and oxygen atoms in total. The lowest BCUT2D eigenvalue weighted by atomic mass is 9.82. The number of hydrogen-bond acceptors (Lipinski definition) is 1. The molecular weight excluding hydrogens is 213 g/mol. The number of nitrogens with one attached hydrogen (secondary N) is 1. The van der Waals surface area contributed by atoms with Crippen molar-refractivity contribution in [1.82, 2.24) is 0 Å². The van der Waals surface area contributed by atoms with E-state index in [-0.39, 0.29) is 11.4 Å². The molecule has 1 aromatic carbocycles. The fraction of sp³-hybridized carbons (Fsp3) is 0.500. The summed E-state index contributed by atoms with van der Waals surface area (Å²) in [6.45, 7) is 6.24. The Balaban J connectivity index is 2.59. The minimum absolute atomic E-state index is 0.0715. The maximum Gasteiger partial charge on any atom is 0.146 e. The Morgan fingerprint density at radius 3 is 2.80 bits per heavy atom. The quantitative estimate of drug-likeness (QED) is 0.701. The molecular formula is C12H15ClFN. The summed E-state index contributed by atoms with van der Waals surface area (Å²) in [6.07, 6.45) is 0.961. The highest BCUT2D eigenvalue weighted by Crippen LogP contribution is 2.43. The van der Waals surface area contributed by atoms with Crippen LogP contribution in [0.1, 0.15) is 38.7 Å². The van der Waals surface area contributed by atoms with Crippen molar-refractivity contribution in [1.29, 1.82) is 0 Å². The summed E-state index contributed by atoms with van der Waals surface area (Å²) >= 11 is 6.10. The van der Waals surface area contributed by atoms with Gasteiger partial charge in [0.2, 0.25) is 0 Å². The number of hydrogen-bond donors (Lipinski definition) is 1. The first kappa shape index (κ1) is 10.7. The third kappa shape index (κ3) is 1.83.